The van der Waals surface area contributed by atoms with Crippen molar-refractivity contribution in [3.63, 3.8) is 0 Å². The summed E-state index contributed by atoms with van der Waals surface area (Å²) in [5, 5.41) is -0.267. The molecule has 0 aliphatic rings. The number of carbonyl (C=O) groups is 1. The van der Waals surface area contributed by atoms with Crippen LogP contribution in [-0.2, 0) is 4.79 Å². The van der Waals surface area contributed by atoms with Crippen LogP contribution >= 0.6 is 23.2 Å². The lowest BCUT2D eigenvalue weighted by Gasteiger charge is -2.17. The van der Waals surface area contributed by atoms with Gasteiger partial charge in [0, 0.05) is 5.02 Å². The first-order chi connectivity index (χ1) is 8.05. The molecule has 1 rings (SSSR count). The third kappa shape index (κ3) is 3.02. The van der Waals surface area contributed by atoms with E-state index < -0.39 is 23.8 Å². The van der Waals surface area contributed by atoms with Crippen molar-refractivity contribution in [1.29, 1.82) is 0 Å². The highest BCUT2D eigenvalue weighted by atomic mass is 35.5. The zero-order chi connectivity index (χ0) is 14.1. The standard InChI is InChI=1S/C9H3Cl2F5O2/c10-4-1-2-6(5(11)3-4)18-7(17)8(12,13)9(14,15)16/h1-3H. The number of halogens is 7. The Morgan fingerprint density at radius 2 is 1.67 bits per heavy atom. The molecule has 0 heterocycles. The fourth-order valence-electron chi connectivity index (χ4n) is 0.838. The SMILES string of the molecule is O=C(Oc1ccc(Cl)cc1Cl)C(F)(F)C(F)(F)F. The number of ether oxygens (including phenoxy) is 1. The van der Waals surface area contributed by atoms with Crippen molar-refractivity contribution >= 4 is 29.2 Å². The van der Waals surface area contributed by atoms with Gasteiger partial charge in [-0.3, -0.25) is 0 Å². The van der Waals surface area contributed by atoms with E-state index in [4.69, 9.17) is 23.2 Å². The molecule has 0 fully saturated rings. The predicted octanol–water partition coefficient (Wildman–Crippen LogP) is 4.10. The first-order valence-electron chi connectivity index (χ1n) is 4.17. The minimum atomic E-state index is -6.04. The second-order valence-electron chi connectivity index (χ2n) is 3.04. The fraction of sp³-hybridized carbons (Fsp3) is 0.222. The molecule has 1 aromatic rings. The van der Waals surface area contributed by atoms with E-state index in [9.17, 15) is 26.7 Å². The molecule has 0 saturated carbocycles. The number of rotatable bonds is 2. The molecular weight excluding hydrogens is 306 g/mol. The highest BCUT2D eigenvalue weighted by Gasteiger charge is 2.65. The Morgan fingerprint density at radius 1 is 1.11 bits per heavy atom. The normalized spacial score (nSPS) is 12.4. The van der Waals surface area contributed by atoms with Gasteiger partial charge < -0.3 is 4.74 Å². The number of hydrogen-bond acceptors (Lipinski definition) is 2. The summed E-state index contributed by atoms with van der Waals surface area (Å²) in [4.78, 5) is 10.7. The molecule has 0 bridgehead atoms. The van der Waals surface area contributed by atoms with Gasteiger partial charge in [-0.2, -0.15) is 22.0 Å². The molecule has 0 spiro atoms. The van der Waals surface area contributed by atoms with E-state index in [2.05, 4.69) is 4.74 Å². The van der Waals surface area contributed by atoms with Crippen LogP contribution in [-0.4, -0.2) is 18.1 Å². The smallest absolute Gasteiger partial charge is 0.420 e. The van der Waals surface area contributed by atoms with Gasteiger partial charge in [0.05, 0.1) is 5.02 Å². The van der Waals surface area contributed by atoms with Gasteiger partial charge in [-0.1, -0.05) is 23.2 Å². The van der Waals surface area contributed by atoms with Crippen LogP contribution in [0.5, 0.6) is 5.75 Å². The molecule has 18 heavy (non-hydrogen) atoms. The van der Waals surface area contributed by atoms with Crippen LogP contribution in [0.4, 0.5) is 22.0 Å². The van der Waals surface area contributed by atoms with E-state index in [1.54, 1.807) is 0 Å². The van der Waals surface area contributed by atoms with E-state index in [1.807, 2.05) is 0 Å². The summed E-state index contributed by atoms with van der Waals surface area (Å²) in [7, 11) is 0. The topological polar surface area (TPSA) is 26.3 Å². The number of esters is 1. The number of hydrogen-bond donors (Lipinski definition) is 0. The van der Waals surface area contributed by atoms with Crippen molar-refractivity contribution in [2.24, 2.45) is 0 Å². The molecule has 0 amide bonds. The van der Waals surface area contributed by atoms with Crippen LogP contribution in [0.15, 0.2) is 18.2 Å². The highest BCUT2D eigenvalue weighted by Crippen LogP contribution is 2.37. The van der Waals surface area contributed by atoms with Crippen LogP contribution in [0.3, 0.4) is 0 Å². The zero-order valence-corrected chi connectivity index (χ0v) is 9.71. The van der Waals surface area contributed by atoms with E-state index in [0.29, 0.717) is 0 Å². The monoisotopic (exact) mass is 308 g/mol. The summed E-state index contributed by atoms with van der Waals surface area (Å²) in [5.74, 6) is -9.02. The molecule has 0 atom stereocenters. The molecule has 2 nitrogen and oxygen atoms in total. The first kappa shape index (κ1) is 15.0. The lowest BCUT2D eigenvalue weighted by molar-refractivity contribution is -0.276. The van der Waals surface area contributed by atoms with Crippen LogP contribution in [0.2, 0.25) is 10.0 Å². The summed E-state index contributed by atoms with van der Waals surface area (Å²) < 4.78 is 64.5. The van der Waals surface area contributed by atoms with Crippen LogP contribution in [0.1, 0.15) is 0 Å². The van der Waals surface area contributed by atoms with Crippen molar-refractivity contribution < 1.29 is 31.5 Å². The average Bonchev–Trinajstić information content (AvgIpc) is 2.20. The van der Waals surface area contributed by atoms with Crippen LogP contribution < -0.4 is 4.74 Å². The summed E-state index contributed by atoms with van der Waals surface area (Å²) in [6.07, 6.45) is -6.04. The molecule has 100 valence electrons. The molecule has 0 N–H and O–H groups in total. The van der Waals surface area contributed by atoms with Crippen LogP contribution in [0.25, 0.3) is 0 Å². The zero-order valence-electron chi connectivity index (χ0n) is 8.19. The summed E-state index contributed by atoms with van der Waals surface area (Å²) in [6, 6.07) is 3.04. The van der Waals surface area contributed by atoms with Crippen molar-refractivity contribution in [1.82, 2.24) is 0 Å². The molecule has 1 aromatic carbocycles. The van der Waals surface area contributed by atoms with Crippen molar-refractivity contribution in [3.8, 4) is 5.75 Å². The number of benzene rings is 1. The Bertz CT molecular complexity index is 473. The van der Waals surface area contributed by atoms with E-state index >= 15 is 0 Å². The second kappa shape index (κ2) is 4.89. The average molecular weight is 309 g/mol. The maximum Gasteiger partial charge on any atom is 0.465 e. The predicted molar refractivity (Wildman–Crippen MR) is 53.1 cm³/mol. The summed E-state index contributed by atoms with van der Waals surface area (Å²) in [5.41, 5.74) is 0. The molecule has 0 radical (unpaired) electrons. The van der Waals surface area contributed by atoms with Gasteiger partial charge in [-0.05, 0) is 18.2 Å². The molecule has 0 unspecified atom stereocenters. The van der Waals surface area contributed by atoms with Crippen LogP contribution in [0, 0.1) is 0 Å². The Labute approximate surface area is 107 Å². The summed E-state index contributed by atoms with van der Waals surface area (Å²) >= 11 is 10.9. The molecule has 0 saturated heterocycles. The number of alkyl halides is 5. The van der Waals surface area contributed by atoms with Crippen molar-refractivity contribution in [3.05, 3.63) is 28.2 Å². The Morgan fingerprint density at radius 3 is 2.11 bits per heavy atom. The fourth-order valence-corrected chi connectivity index (χ4v) is 1.28. The van der Waals surface area contributed by atoms with Gasteiger partial charge in [-0.25, -0.2) is 4.79 Å². The maximum absolute atomic E-state index is 12.6. The lowest BCUT2D eigenvalue weighted by Crippen LogP contribution is -2.46. The Hall–Kier alpha value is -1.08. The highest BCUT2D eigenvalue weighted by molar-refractivity contribution is 6.35. The second-order valence-corrected chi connectivity index (χ2v) is 3.88. The van der Waals surface area contributed by atoms with Gasteiger partial charge in [0.2, 0.25) is 0 Å². The lowest BCUT2D eigenvalue weighted by atomic mass is 10.3. The van der Waals surface area contributed by atoms with E-state index in [1.165, 1.54) is 0 Å². The molecule has 0 aliphatic carbocycles. The largest absolute Gasteiger partial charge is 0.465 e. The third-order valence-corrected chi connectivity index (χ3v) is 2.24. The maximum atomic E-state index is 12.6. The van der Waals surface area contributed by atoms with E-state index in [-0.39, 0.29) is 10.0 Å². The first-order valence-corrected chi connectivity index (χ1v) is 4.93. The Kier molecular flexibility index (Phi) is 4.07. The minimum absolute atomic E-state index is 0.0994. The molecular formula is C9H3Cl2F5O2. The van der Waals surface area contributed by atoms with Gasteiger partial charge in [0.25, 0.3) is 0 Å². The molecule has 0 aromatic heterocycles. The molecule has 0 aliphatic heterocycles. The van der Waals surface area contributed by atoms with Gasteiger partial charge in [0.1, 0.15) is 5.75 Å². The van der Waals surface area contributed by atoms with Gasteiger partial charge in [-0.15, -0.1) is 0 Å². The van der Waals surface area contributed by atoms with Gasteiger partial charge >= 0.3 is 18.1 Å². The Balaban J connectivity index is 2.95. The molecule has 9 heteroatoms. The third-order valence-electron chi connectivity index (χ3n) is 1.71. The van der Waals surface area contributed by atoms with Crippen molar-refractivity contribution in [2.45, 2.75) is 12.1 Å². The van der Waals surface area contributed by atoms with Crippen molar-refractivity contribution in [2.75, 3.05) is 0 Å². The number of carbonyl (C=O) groups excluding carboxylic acids is 1. The summed E-state index contributed by atoms with van der Waals surface area (Å²) in [6.45, 7) is 0. The van der Waals surface area contributed by atoms with E-state index in [0.717, 1.165) is 18.2 Å². The quantitative estimate of drug-likeness (QED) is 0.467. The van der Waals surface area contributed by atoms with Gasteiger partial charge in [0.15, 0.2) is 0 Å². The minimum Gasteiger partial charge on any atom is -0.420 e.